The monoisotopic (exact) mass is 438 g/mol. The Morgan fingerprint density at radius 2 is 2.03 bits per heavy atom. The number of nitro benzene ring substituents is 1. The van der Waals surface area contributed by atoms with Crippen LogP contribution in [0.1, 0.15) is 12.5 Å². The predicted molar refractivity (Wildman–Crippen MR) is 122 cm³/mol. The van der Waals surface area contributed by atoms with Crippen LogP contribution in [-0.2, 0) is 4.79 Å². The Bertz CT molecular complexity index is 1140. The van der Waals surface area contributed by atoms with Crippen LogP contribution in [0.25, 0.3) is 16.3 Å². The minimum atomic E-state index is -0.550. The van der Waals surface area contributed by atoms with Gasteiger partial charge in [0.25, 0.3) is 5.69 Å². The Morgan fingerprint density at radius 1 is 1.23 bits per heavy atom. The van der Waals surface area contributed by atoms with Gasteiger partial charge < -0.3 is 14.5 Å². The Labute approximate surface area is 183 Å². The third kappa shape index (κ3) is 5.07. The molecule has 0 bridgehead atoms. The van der Waals surface area contributed by atoms with Crippen molar-refractivity contribution in [3.05, 3.63) is 64.2 Å². The van der Waals surface area contributed by atoms with Crippen molar-refractivity contribution < 1.29 is 14.5 Å². The smallest absolute Gasteiger partial charge is 0.336 e. The van der Waals surface area contributed by atoms with E-state index in [0.29, 0.717) is 11.3 Å². The number of piperazine rings is 1. The molecule has 0 unspecified atom stereocenters. The molecule has 0 saturated carbocycles. The van der Waals surface area contributed by atoms with Crippen LogP contribution in [0.4, 0.5) is 10.8 Å². The number of thiazole rings is 1. The minimum Gasteiger partial charge on any atom is -0.423 e. The molecule has 1 saturated heterocycles. The van der Waals surface area contributed by atoms with Crippen LogP contribution in [0.3, 0.4) is 0 Å². The highest BCUT2D eigenvalue weighted by molar-refractivity contribution is 7.22. The van der Waals surface area contributed by atoms with Crippen LogP contribution in [-0.4, -0.2) is 53.5 Å². The van der Waals surface area contributed by atoms with Crippen LogP contribution >= 0.6 is 11.3 Å². The summed E-state index contributed by atoms with van der Waals surface area (Å²) in [7, 11) is 0. The maximum absolute atomic E-state index is 12.2. The standard InChI is InChI=1S/C22H22N4O4S/c1-2-24-10-12-25(13-11-24)22-23-19-8-7-18(15-20(19)31-22)30-21(27)9-6-16-4-3-5-17(14-16)26(28)29/h3-9,14-15H,2,10-13H2,1H3/b9-6+. The van der Waals surface area contributed by atoms with E-state index < -0.39 is 10.9 Å². The molecule has 0 N–H and O–H groups in total. The van der Waals surface area contributed by atoms with Gasteiger partial charge in [-0.05, 0) is 30.3 Å². The zero-order valence-electron chi connectivity index (χ0n) is 17.1. The fraction of sp³-hybridized carbons (Fsp3) is 0.273. The molecule has 0 amide bonds. The molecule has 0 aliphatic carbocycles. The Balaban J connectivity index is 1.42. The second-order valence-electron chi connectivity index (χ2n) is 7.15. The second kappa shape index (κ2) is 9.23. The van der Waals surface area contributed by atoms with Crippen molar-refractivity contribution >= 4 is 44.4 Å². The maximum Gasteiger partial charge on any atom is 0.336 e. The summed E-state index contributed by atoms with van der Waals surface area (Å²) in [6, 6.07) is 11.4. The lowest BCUT2D eigenvalue weighted by atomic mass is 10.2. The number of hydrogen-bond donors (Lipinski definition) is 0. The van der Waals surface area contributed by atoms with Gasteiger partial charge in [0.1, 0.15) is 5.75 Å². The summed E-state index contributed by atoms with van der Waals surface area (Å²) in [5.41, 5.74) is 1.40. The number of rotatable bonds is 6. The van der Waals surface area contributed by atoms with Crippen molar-refractivity contribution in [1.82, 2.24) is 9.88 Å². The first-order valence-electron chi connectivity index (χ1n) is 10.0. The van der Waals surface area contributed by atoms with Gasteiger partial charge in [-0.3, -0.25) is 10.1 Å². The summed E-state index contributed by atoms with van der Waals surface area (Å²) in [5, 5.41) is 11.8. The van der Waals surface area contributed by atoms with Crippen LogP contribution in [0, 0.1) is 10.1 Å². The number of carbonyl (C=O) groups excluding carboxylic acids is 1. The molecule has 3 aromatic rings. The van der Waals surface area contributed by atoms with Gasteiger partial charge in [-0.2, -0.15) is 0 Å². The normalized spacial score (nSPS) is 14.9. The number of likely N-dealkylation sites (N-methyl/N-ethyl adjacent to an activating group) is 1. The van der Waals surface area contributed by atoms with E-state index in [2.05, 4.69) is 16.7 Å². The number of nitro groups is 1. The summed E-state index contributed by atoms with van der Waals surface area (Å²) in [4.78, 5) is 32.0. The molecule has 1 fully saturated rings. The second-order valence-corrected chi connectivity index (χ2v) is 8.16. The minimum absolute atomic E-state index is 0.0296. The molecule has 8 nitrogen and oxygen atoms in total. The van der Waals surface area contributed by atoms with Crippen molar-refractivity contribution in [1.29, 1.82) is 0 Å². The topological polar surface area (TPSA) is 88.8 Å². The van der Waals surface area contributed by atoms with Gasteiger partial charge in [-0.15, -0.1) is 0 Å². The van der Waals surface area contributed by atoms with Gasteiger partial charge >= 0.3 is 5.97 Å². The van der Waals surface area contributed by atoms with E-state index in [1.54, 1.807) is 29.5 Å². The average molecular weight is 439 g/mol. The number of carbonyl (C=O) groups is 1. The molecule has 160 valence electrons. The zero-order chi connectivity index (χ0) is 21.8. The number of esters is 1. The molecule has 2 aromatic carbocycles. The zero-order valence-corrected chi connectivity index (χ0v) is 17.9. The summed E-state index contributed by atoms with van der Waals surface area (Å²) in [6.07, 6.45) is 2.75. The first-order chi connectivity index (χ1) is 15.0. The van der Waals surface area contributed by atoms with E-state index in [1.165, 1.54) is 24.3 Å². The van der Waals surface area contributed by atoms with E-state index in [9.17, 15) is 14.9 Å². The SMILES string of the molecule is CCN1CCN(c2nc3ccc(OC(=O)/C=C/c4cccc([N+](=O)[O-])c4)cc3s2)CC1. The first-order valence-corrected chi connectivity index (χ1v) is 10.9. The summed E-state index contributed by atoms with van der Waals surface area (Å²) in [5.74, 6) is -0.113. The largest absolute Gasteiger partial charge is 0.423 e. The molecule has 0 atom stereocenters. The fourth-order valence-corrected chi connectivity index (χ4v) is 4.45. The highest BCUT2D eigenvalue weighted by atomic mass is 32.1. The predicted octanol–water partition coefficient (Wildman–Crippen LogP) is 3.97. The van der Waals surface area contributed by atoms with E-state index >= 15 is 0 Å². The number of anilines is 1. The van der Waals surface area contributed by atoms with Crippen molar-refractivity contribution in [3.63, 3.8) is 0 Å². The van der Waals surface area contributed by atoms with E-state index in [1.807, 2.05) is 12.1 Å². The van der Waals surface area contributed by atoms with Gasteiger partial charge in [0, 0.05) is 50.5 Å². The fourth-order valence-electron chi connectivity index (χ4n) is 3.40. The Kier molecular flexibility index (Phi) is 6.24. The number of ether oxygens (including phenoxy) is 1. The molecule has 0 spiro atoms. The summed E-state index contributed by atoms with van der Waals surface area (Å²) < 4.78 is 6.36. The van der Waals surface area contributed by atoms with E-state index in [4.69, 9.17) is 9.72 Å². The van der Waals surface area contributed by atoms with Crippen LogP contribution in [0.5, 0.6) is 5.75 Å². The van der Waals surface area contributed by atoms with Crippen molar-refractivity contribution in [3.8, 4) is 5.75 Å². The molecular formula is C22H22N4O4S. The van der Waals surface area contributed by atoms with E-state index in [-0.39, 0.29) is 5.69 Å². The van der Waals surface area contributed by atoms with Crippen molar-refractivity contribution in [2.24, 2.45) is 0 Å². The highest BCUT2D eigenvalue weighted by Crippen LogP contribution is 2.32. The molecule has 1 aliphatic rings. The van der Waals surface area contributed by atoms with Crippen LogP contribution in [0.2, 0.25) is 0 Å². The van der Waals surface area contributed by atoms with E-state index in [0.717, 1.165) is 48.1 Å². The number of benzene rings is 2. The van der Waals surface area contributed by atoms with Crippen LogP contribution < -0.4 is 9.64 Å². The lowest BCUT2D eigenvalue weighted by Crippen LogP contribution is -2.46. The maximum atomic E-state index is 12.2. The van der Waals surface area contributed by atoms with Gasteiger partial charge in [-0.1, -0.05) is 30.4 Å². The summed E-state index contributed by atoms with van der Waals surface area (Å²) in [6.45, 7) is 7.22. The highest BCUT2D eigenvalue weighted by Gasteiger charge is 2.19. The van der Waals surface area contributed by atoms with Crippen molar-refractivity contribution in [2.45, 2.75) is 6.92 Å². The molecule has 2 heterocycles. The molecular weight excluding hydrogens is 416 g/mol. The number of fused-ring (bicyclic) bond motifs is 1. The number of nitrogens with zero attached hydrogens (tertiary/aromatic N) is 4. The third-order valence-electron chi connectivity index (χ3n) is 5.15. The average Bonchev–Trinajstić information content (AvgIpc) is 3.21. The van der Waals surface area contributed by atoms with Crippen LogP contribution in [0.15, 0.2) is 48.5 Å². The van der Waals surface area contributed by atoms with Gasteiger partial charge in [0.05, 0.1) is 15.1 Å². The molecule has 31 heavy (non-hydrogen) atoms. The molecule has 0 radical (unpaired) electrons. The lowest BCUT2D eigenvalue weighted by Gasteiger charge is -2.33. The third-order valence-corrected chi connectivity index (χ3v) is 6.23. The lowest BCUT2D eigenvalue weighted by molar-refractivity contribution is -0.384. The molecule has 4 rings (SSSR count). The number of non-ortho nitro benzene ring substituents is 1. The van der Waals surface area contributed by atoms with Crippen molar-refractivity contribution in [2.75, 3.05) is 37.6 Å². The summed E-state index contributed by atoms with van der Waals surface area (Å²) >= 11 is 1.59. The van der Waals surface area contributed by atoms with Gasteiger partial charge in [-0.25, -0.2) is 9.78 Å². The van der Waals surface area contributed by atoms with Gasteiger partial charge in [0.15, 0.2) is 5.13 Å². The molecule has 9 heteroatoms. The number of aromatic nitrogens is 1. The quantitative estimate of drug-likeness (QED) is 0.189. The molecule has 1 aliphatic heterocycles. The Hall–Kier alpha value is -3.30. The Morgan fingerprint density at radius 3 is 2.77 bits per heavy atom. The van der Waals surface area contributed by atoms with Gasteiger partial charge in [0.2, 0.25) is 0 Å². The number of hydrogen-bond acceptors (Lipinski definition) is 8. The first kappa shape index (κ1) is 21.0. The molecule has 1 aromatic heterocycles.